The molecule has 0 heterocycles. The van der Waals surface area contributed by atoms with Crippen LogP contribution in [-0.4, -0.2) is 10.2 Å². The number of hydrogen-bond donors (Lipinski definition) is 2. The SMILES string of the molecule is Oc1cc(O)cc(C=C2C3CC4CC(C3)CC2C4)c1. The number of hydrogen-bond acceptors (Lipinski definition) is 2. The Morgan fingerprint density at radius 1 is 0.789 bits per heavy atom. The first-order valence-electron chi connectivity index (χ1n) is 7.42. The van der Waals surface area contributed by atoms with Gasteiger partial charge in [-0.25, -0.2) is 0 Å². The van der Waals surface area contributed by atoms with Crippen LogP contribution in [-0.2, 0) is 0 Å². The van der Waals surface area contributed by atoms with Crippen LogP contribution in [0.4, 0.5) is 0 Å². The average molecular weight is 256 g/mol. The summed E-state index contributed by atoms with van der Waals surface area (Å²) in [6.07, 6.45) is 9.15. The Kier molecular flexibility index (Phi) is 2.41. The fourth-order valence-electron chi connectivity index (χ4n) is 4.86. The number of benzene rings is 1. The van der Waals surface area contributed by atoms with Crippen LogP contribution in [0.2, 0.25) is 0 Å². The van der Waals surface area contributed by atoms with Crippen LogP contribution in [0, 0.1) is 23.7 Å². The average Bonchev–Trinajstić information content (AvgIpc) is 2.31. The molecule has 0 amide bonds. The summed E-state index contributed by atoms with van der Waals surface area (Å²) < 4.78 is 0. The summed E-state index contributed by atoms with van der Waals surface area (Å²) in [4.78, 5) is 0. The lowest BCUT2D eigenvalue weighted by molar-refractivity contribution is 0.0710. The highest BCUT2D eigenvalue weighted by molar-refractivity contribution is 5.59. The van der Waals surface area contributed by atoms with Crippen molar-refractivity contribution in [2.45, 2.75) is 32.1 Å². The zero-order valence-electron chi connectivity index (χ0n) is 11.0. The minimum absolute atomic E-state index is 0.149. The van der Waals surface area contributed by atoms with Gasteiger partial charge in [-0.05, 0) is 73.5 Å². The summed E-state index contributed by atoms with van der Waals surface area (Å²) in [5.41, 5.74) is 2.53. The van der Waals surface area contributed by atoms with E-state index in [0.717, 1.165) is 29.2 Å². The normalized spacial score (nSPS) is 35.7. The molecule has 19 heavy (non-hydrogen) atoms. The van der Waals surface area contributed by atoms with E-state index in [0.29, 0.717) is 0 Å². The fourth-order valence-corrected chi connectivity index (χ4v) is 4.86. The van der Waals surface area contributed by atoms with Gasteiger partial charge in [0.05, 0.1) is 0 Å². The summed E-state index contributed by atoms with van der Waals surface area (Å²) in [5.74, 6) is 3.77. The first-order chi connectivity index (χ1) is 9.17. The summed E-state index contributed by atoms with van der Waals surface area (Å²) in [6.45, 7) is 0. The molecule has 4 aliphatic carbocycles. The van der Waals surface area contributed by atoms with Gasteiger partial charge in [-0.1, -0.05) is 11.6 Å². The fraction of sp³-hybridized carbons (Fsp3) is 0.529. The largest absolute Gasteiger partial charge is 0.508 e. The van der Waals surface area contributed by atoms with E-state index in [-0.39, 0.29) is 11.5 Å². The maximum Gasteiger partial charge on any atom is 0.119 e. The van der Waals surface area contributed by atoms with Gasteiger partial charge < -0.3 is 10.2 Å². The van der Waals surface area contributed by atoms with E-state index < -0.39 is 0 Å². The second kappa shape index (κ2) is 4.03. The Labute approximate surface area is 113 Å². The van der Waals surface area contributed by atoms with Crippen LogP contribution in [0.3, 0.4) is 0 Å². The van der Waals surface area contributed by atoms with Crippen molar-refractivity contribution < 1.29 is 10.2 Å². The molecule has 4 aliphatic rings. The third-order valence-electron chi connectivity index (χ3n) is 5.34. The predicted octanol–water partition coefficient (Wildman–Crippen LogP) is 3.94. The molecule has 2 heteroatoms. The van der Waals surface area contributed by atoms with Crippen LogP contribution < -0.4 is 0 Å². The summed E-state index contributed by atoms with van der Waals surface area (Å²) in [6, 6.07) is 4.88. The van der Waals surface area contributed by atoms with Crippen LogP contribution in [0.25, 0.3) is 6.08 Å². The number of aromatic hydroxyl groups is 2. The molecule has 0 radical (unpaired) electrons. The zero-order valence-corrected chi connectivity index (χ0v) is 11.0. The summed E-state index contributed by atoms with van der Waals surface area (Å²) in [7, 11) is 0. The standard InChI is InChI=1S/C17H20O2/c18-15-6-12(7-16(19)9-15)8-17-13-2-10-1-11(4-13)5-14(17)3-10/h6-11,13-14,18-19H,1-5H2. The molecule has 0 saturated heterocycles. The first kappa shape index (κ1) is 11.4. The predicted molar refractivity (Wildman–Crippen MR) is 74.8 cm³/mol. The van der Waals surface area contributed by atoms with Gasteiger partial charge in [0, 0.05) is 6.07 Å². The van der Waals surface area contributed by atoms with Crippen molar-refractivity contribution in [3.05, 3.63) is 29.3 Å². The van der Waals surface area contributed by atoms with Crippen LogP contribution >= 0.6 is 0 Å². The third kappa shape index (κ3) is 1.94. The lowest BCUT2D eigenvalue weighted by atomic mass is 9.54. The summed E-state index contributed by atoms with van der Waals surface area (Å²) >= 11 is 0. The van der Waals surface area contributed by atoms with E-state index in [1.807, 2.05) is 0 Å². The highest BCUT2D eigenvalue weighted by Crippen LogP contribution is 2.56. The molecule has 5 rings (SSSR count). The maximum absolute atomic E-state index is 9.59. The van der Waals surface area contributed by atoms with Gasteiger partial charge in [-0.3, -0.25) is 0 Å². The molecule has 4 fully saturated rings. The molecule has 1 aromatic rings. The van der Waals surface area contributed by atoms with Crippen molar-refractivity contribution >= 4 is 6.08 Å². The highest BCUT2D eigenvalue weighted by Gasteiger charge is 2.44. The van der Waals surface area contributed by atoms with Crippen LogP contribution in [0.15, 0.2) is 23.8 Å². The van der Waals surface area contributed by atoms with Gasteiger partial charge in [-0.2, -0.15) is 0 Å². The molecule has 0 aliphatic heterocycles. The number of allylic oxidation sites excluding steroid dienone is 1. The number of phenolic OH excluding ortho intramolecular Hbond substituents is 2. The highest BCUT2D eigenvalue weighted by atomic mass is 16.3. The van der Waals surface area contributed by atoms with E-state index in [4.69, 9.17) is 0 Å². The second-order valence-electron chi connectivity index (χ2n) is 6.73. The molecule has 4 bridgehead atoms. The maximum atomic E-state index is 9.59. The van der Waals surface area contributed by atoms with Crippen LogP contribution in [0.1, 0.15) is 37.7 Å². The lowest BCUT2D eigenvalue weighted by Crippen LogP contribution is -2.40. The molecule has 2 N–H and O–H groups in total. The number of rotatable bonds is 1. The molecule has 0 atom stereocenters. The van der Waals surface area contributed by atoms with Crippen LogP contribution in [0.5, 0.6) is 11.5 Å². The third-order valence-corrected chi connectivity index (χ3v) is 5.34. The Balaban J connectivity index is 1.70. The molecule has 2 nitrogen and oxygen atoms in total. The van der Waals surface area contributed by atoms with E-state index in [2.05, 4.69) is 6.08 Å². The van der Waals surface area contributed by atoms with E-state index in [9.17, 15) is 10.2 Å². The summed E-state index contributed by atoms with van der Waals surface area (Å²) in [5, 5.41) is 19.2. The van der Waals surface area contributed by atoms with Crippen molar-refractivity contribution in [2.24, 2.45) is 23.7 Å². The molecule has 0 aromatic heterocycles. The van der Waals surface area contributed by atoms with Crippen molar-refractivity contribution in [3.63, 3.8) is 0 Å². The molecular formula is C17H20O2. The van der Waals surface area contributed by atoms with Gasteiger partial charge >= 0.3 is 0 Å². The van der Waals surface area contributed by atoms with Gasteiger partial charge in [-0.15, -0.1) is 0 Å². The lowest BCUT2D eigenvalue weighted by Gasteiger charge is -2.51. The second-order valence-corrected chi connectivity index (χ2v) is 6.73. The Bertz CT molecular complexity index is 494. The van der Waals surface area contributed by atoms with Crippen molar-refractivity contribution in [1.29, 1.82) is 0 Å². The van der Waals surface area contributed by atoms with Gasteiger partial charge in [0.1, 0.15) is 11.5 Å². The molecule has 1 aromatic carbocycles. The van der Waals surface area contributed by atoms with Gasteiger partial charge in [0.2, 0.25) is 0 Å². The topological polar surface area (TPSA) is 40.5 Å². The first-order valence-corrected chi connectivity index (χ1v) is 7.42. The molecule has 0 unspecified atom stereocenters. The van der Waals surface area contributed by atoms with Crippen molar-refractivity contribution in [2.75, 3.05) is 0 Å². The van der Waals surface area contributed by atoms with Gasteiger partial charge in [0.15, 0.2) is 0 Å². The Morgan fingerprint density at radius 2 is 1.32 bits per heavy atom. The zero-order chi connectivity index (χ0) is 13.0. The van der Waals surface area contributed by atoms with E-state index in [1.165, 1.54) is 38.2 Å². The van der Waals surface area contributed by atoms with Crippen molar-refractivity contribution in [3.8, 4) is 11.5 Å². The monoisotopic (exact) mass is 256 g/mol. The molecule has 100 valence electrons. The number of phenols is 2. The smallest absolute Gasteiger partial charge is 0.119 e. The molecular weight excluding hydrogens is 236 g/mol. The van der Waals surface area contributed by atoms with Crippen molar-refractivity contribution in [1.82, 2.24) is 0 Å². The van der Waals surface area contributed by atoms with E-state index in [1.54, 1.807) is 17.7 Å². The van der Waals surface area contributed by atoms with Gasteiger partial charge in [0.25, 0.3) is 0 Å². The Morgan fingerprint density at radius 3 is 1.84 bits per heavy atom. The molecule has 0 spiro atoms. The minimum atomic E-state index is 0.149. The minimum Gasteiger partial charge on any atom is -0.508 e. The Hall–Kier alpha value is -1.44. The van der Waals surface area contributed by atoms with E-state index >= 15 is 0 Å². The quantitative estimate of drug-likeness (QED) is 0.799. The molecule has 4 saturated carbocycles.